The summed E-state index contributed by atoms with van der Waals surface area (Å²) >= 11 is 0. The van der Waals surface area contributed by atoms with Gasteiger partial charge in [-0.15, -0.1) is 0 Å². The van der Waals surface area contributed by atoms with Crippen LogP contribution in [0.4, 0.5) is 5.69 Å². The lowest BCUT2D eigenvalue weighted by Gasteiger charge is -2.27. The third-order valence-corrected chi connectivity index (χ3v) is 3.29. The molecule has 0 radical (unpaired) electrons. The van der Waals surface area contributed by atoms with E-state index in [1.54, 1.807) is 6.07 Å². The van der Waals surface area contributed by atoms with Crippen molar-refractivity contribution in [2.45, 2.75) is 19.3 Å². The molecule has 1 aliphatic heterocycles. The molecule has 1 aliphatic rings. The summed E-state index contributed by atoms with van der Waals surface area (Å²) in [6, 6.07) is 5.76. The van der Waals surface area contributed by atoms with Crippen molar-refractivity contribution in [2.75, 3.05) is 25.1 Å². The standard InChI is InChI=1S/C14H18N2O3/c1-15-7-6-10-2-4-12-11(8-10)3-5-13(18)16(12)14(19)9-17/h2,4,8,15,17H,3,5-7,9H2,1H3. The molecule has 0 aromatic heterocycles. The number of anilines is 1. The molecule has 0 unspecified atom stereocenters. The first-order chi connectivity index (χ1) is 9.17. The van der Waals surface area contributed by atoms with Gasteiger partial charge in [0.05, 0.1) is 5.69 Å². The van der Waals surface area contributed by atoms with Crippen LogP contribution in [0.3, 0.4) is 0 Å². The number of nitrogens with zero attached hydrogens (tertiary/aromatic N) is 1. The van der Waals surface area contributed by atoms with Crippen LogP contribution < -0.4 is 10.2 Å². The van der Waals surface area contributed by atoms with Crippen LogP contribution in [0.25, 0.3) is 0 Å². The van der Waals surface area contributed by atoms with E-state index < -0.39 is 12.5 Å². The molecule has 2 N–H and O–H groups in total. The van der Waals surface area contributed by atoms with Crippen LogP contribution in [0, 0.1) is 0 Å². The molecule has 2 rings (SSSR count). The fourth-order valence-electron chi connectivity index (χ4n) is 2.31. The second kappa shape index (κ2) is 5.95. The molecule has 5 nitrogen and oxygen atoms in total. The first-order valence-electron chi connectivity index (χ1n) is 6.40. The summed E-state index contributed by atoms with van der Waals surface area (Å²) < 4.78 is 0. The van der Waals surface area contributed by atoms with Crippen molar-refractivity contribution in [3.63, 3.8) is 0 Å². The van der Waals surface area contributed by atoms with Crippen molar-refractivity contribution in [2.24, 2.45) is 0 Å². The Morgan fingerprint density at radius 1 is 1.42 bits per heavy atom. The van der Waals surface area contributed by atoms with Crippen LogP contribution in [-0.2, 0) is 22.4 Å². The van der Waals surface area contributed by atoms with Gasteiger partial charge in [0, 0.05) is 6.42 Å². The molecule has 19 heavy (non-hydrogen) atoms. The fraction of sp³-hybridized carbons (Fsp3) is 0.429. The molecule has 0 aliphatic carbocycles. The molecule has 1 heterocycles. The van der Waals surface area contributed by atoms with Crippen molar-refractivity contribution in [1.29, 1.82) is 0 Å². The molecule has 1 aromatic carbocycles. The maximum absolute atomic E-state index is 11.8. The number of aryl methyl sites for hydroxylation is 1. The normalized spacial score (nSPS) is 14.4. The number of aliphatic hydroxyl groups is 1. The third kappa shape index (κ3) is 2.83. The Hall–Kier alpha value is -1.72. The fourth-order valence-corrected chi connectivity index (χ4v) is 2.31. The van der Waals surface area contributed by atoms with E-state index in [9.17, 15) is 9.59 Å². The van der Waals surface area contributed by atoms with E-state index in [0.717, 1.165) is 23.4 Å². The number of benzene rings is 1. The summed E-state index contributed by atoms with van der Waals surface area (Å²) in [5.41, 5.74) is 2.79. The van der Waals surface area contributed by atoms with Crippen LogP contribution in [0.15, 0.2) is 18.2 Å². The van der Waals surface area contributed by atoms with Crippen molar-refractivity contribution < 1.29 is 14.7 Å². The first-order valence-corrected chi connectivity index (χ1v) is 6.40. The minimum absolute atomic E-state index is 0.241. The van der Waals surface area contributed by atoms with Crippen LogP contribution in [-0.4, -0.2) is 37.1 Å². The summed E-state index contributed by atoms with van der Waals surface area (Å²) in [5.74, 6) is -0.802. The van der Waals surface area contributed by atoms with E-state index >= 15 is 0 Å². The molecular formula is C14H18N2O3. The molecule has 102 valence electrons. The number of carbonyl (C=O) groups excluding carboxylic acids is 2. The lowest BCUT2D eigenvalue weighted by Crippen LogP contribution is -2.41. The number of hydrogen-bond acceptors (Lipinski definition) is 4. The van der Waals surface area contributed by atoms with Gasteiger partial charge in [0.1, 0.15) is 6.61 Å². The number of nitrogens with one attached hydrogen (secondary N) is 1. The number of rotatable bonds is 4. The molecule has 0 bridgehead atoms. The maximum atomic E-state index is 11.8. The van der Waals surface area contributed by atoms with Crippen molar-refractivity contribution >= 4 is 17.5 Å². The van der Waals surface area contributed by atoms with Crippen molar-refractivity contribution in [3.8, 4) is 0 Å². The zero-order chi connectivity index (χ0) is 13.8. The second-order valence-corrected chi connectivity index (χ2v) is 4.60. The minimum Gasteiger partial charge on any atom is -0.387 e. The van der Waals surface area contributed by atoms with Crippen LogP contribution in [0.2, 0.25) is 0 Å². The number of aliphatic hydroxyl groups excluding tert-OH is 1. The molecule has 0 fully saturated rings. The van der Waals surface area contributed by atoms with Crippen LogP contribution in [0.1, 0.15) is 17.5 Å². The highest BCUT2D eigenvalue weighted by Crippen LogP contribution is 2.29. The molecule has 0 atom stereocenters. The van der Waals surface area contributed by atoms with E-state index in [2.05, 4.69) is 5.32 Å². The number of likely N-dealkylation sites (N-methyl/N-ethyl adjacent to an activating group) is 1. The number of amides is 2. The van der Waals surface area contributed by atoms with Gasteiger partial charge < -0.3 is 10.4 Å². The van der Waals surface area contributed by atoms with Crippen molar-refractivity contribution in [3.05, 3.63) is 29.3 Å². The average molecular weight is 262 g/mol. The smallest absolute Gasteiger partial charge is 0.259 e. The molecule has 5 heteroatoms. The second-order valence-electron chi connectivity index (χ2n) is 4.60. The Bertz CT molecular complexity index is 499. The summed E-state index contributed by atoms with van der Waals surface area (Å²) in [6.07, 6.45) is 1.87. The molecule has 1 aromatic rings. The van der Waals surface area contributed by atoms with Crippen LogP contribution in [0.5, 0.6) is 0 Å². The number of imide groups is 1. The number of hydrogen-bond donors (Lipinski definition) is 2. The van der Waals surface area contributed by atoms with E-state index in [1.165, 1.54) is 5.56 Å². The Morgan fingerprint density at radius 3 is 2.89 bits per heavy atom. The van der Waals surface area contributed by atoms with Gasteiger partial charge in [0.2, 0.25) is 5.91 Å². The zero-order valence-corrected chi connectivity index (χ0v) is 11.0. The predicted octanol–water partition coefficient (Wildman–Crippen LogP) is 0.247. The number of fused-ring (bicyclic) bond motifs is 1. The first kappa shape index (κ1) is 13.7. The Labute approximate surface area is 112 Å². The van der Waals surface area contributed by atoms with Crippen molar-refractivity contribution in [1.82, 2.24) is 5.32 Å². The quantitative estimate of drug-likeness (QED) is 0.816. The van der Waals surface area contributed by atoms with Gasteiger partial charge in [-0.2, -0.15) is 0 Å². The predicted molar refractivity (Wildman–Crippen MR) is 72.0 cm³/mol. The van der Waals surface area contributed by atoms with Gasteiger partial charge in [-0.05, 0) is 43.6 Å². The summed E-state index contributed by atoms with van der Waals surface area (Å²) in [7, 11) is 1.90. The molecule has 0 saturated heterocycles. The Kier molecular flexibility index (Phi) is 4.29. The van der Waals surface area contributed by atoms with E-state index in [4.69, 9.17) is 5.11 Å². The van der Waals surface area contributed by atoms with Gasteiger partial charge in [0.15, 0.2) is 0 Å². The van der Waals surface area contributed by atoms with Crippen LogP contribution >= 0.6 is 0 Å². The number of carbonyl (C=O) groups is 2. The summed E-state index contributed by atoms with van der Waals surface area (Å²) in [6.45, 7) is 0.240. The molecule has 0 saturated carbocycles. The summed E-state index contributed by atoms with van der Waals surface area (Å²) in [5, 5.41) is 12.0. The monoisotopic (exact) mass is 262 g/mol. The Balaban J connectivity index is 2.30. The molecule has 0 spiro atoms. The third-order valence-electron chi connectivity index (χ3n) is 3.29. The summed E-state index contributed by atoms with van der Waals surface area (Å²) in [4.78, 5) is 24.5. The highest BCUT2D eigenvalue weighted by atomic mass is 16.3. The van der Waals surface area contributed by atoms with E-state index in [-0.39, 0.29) is 5.91 Å². The van der Waals surface area contributed by atoms with Gasteiger partial charge >= 0.3 is 0 Å². The minimum atomic E-state index is -0.646. The molecular weight excluding hydrogens is 244 g/mol. The zero-order valence-electron chi connectivity index (χ0n) is 11.0. The van der Waals surface area contributed by atoms with Gasteiger partial charge in [0.25, 0.3) is 5.91 Å². The highest BCUT2D eigenvalue weighted by molar-refractivity contribution is 6.16. The maximum Gasteiger partial charge on any atom is 0.259 e. The average Bonchev–Trinajstić information content (AvgIpc) is 2.44. The topological polar surface area (TPSA) is 69.6 Å². The largest absolute Gasteiger partial charge is 0.387 e. The van der Waals surface area contributed by atoms with Gasteiger partial charge in [-0.1, -0.05) is 12.1 Å². The highest BCUT2D eigenvalue weighted by Gasteiger charge is 2.28. The lowest BCUT2D eigenvalue weighted by molar-refractivity contribution is -0.128. The van der Waals surface area contributed by atoms with E-state index in [0.29, 0.717) is 18.5 Å². The lowest BCUT2D eigenvalue weighted by atomic mass is 9.97. The molecule has 2 amide bonds. The van der Waals surface area contributed by atoms with Gasteiger partial charge in [-0.3, -0.25) is 9.59 Å². The van der Waals surface area contributed by atoms with Gasteiger partial charge in [-0.25, -0.2) is 4.90 Å². The SMILES string of the molecule is CNCCc1ccc2c(c1)CCC(=O)N2C(=O)CO. The van der Waals surface area contributed by atoms with E-state index in [1.807, 2.05) is 19.2 Å². The Morgan fingerprint density at radius 2 is 2.21 bits per heavy atom.